The summed E-state index contributed by atoms with van der Waals surface area (Å²) in [6.07, 6.45) is 4.44. The normalized spacial score (nSPS) is 12.3. The van der Waals surface area contributed by atoms with E-state index in [4.69, 9.17) is 14.6 Å². The molecule has 0 aromatic carbocycles. The van der Waals surface area contributed by atoms with Crippen molar-refractivity contribution in [3.8, 4) is 0 Å². The lowest BCUT2D eigenvalue weighted by molar-refractivity contribution is -0.121. The molecular formula is C15H31NO4. The van der Waals surface area contributed by atoms with Crippen molar-refractivity contribution < 1.29 is 19.4 Å². The standard InChI is InChI=1S/C15H31NO4/c1-3-14(2)6-5-10-19-12-13-20-11-8-16-15(18)7-4-9-17/h14,17H,3-13H2,1-2H3,(H,16,18). The molecule has 0 aliphatic heterocycles. The highest BCUT2D eigenvalue weighted by Crippen LogP contribution is 2.08. The summed E-state index contributed by atoms with van der Waals surface area (Å²) in [5, 5.41) is 11.3. The Labute approximate surface area is 123 Å². The first-order chi connectivity index (χ1) is 9.70. The molecule has 120 valence electrons. The van der Waals surface area contributed by atoms with Crippen molar-refractivity contribution in [3.63, 3.8) is 0 Å². The van der Waals surface area contributed by atoms with Gasteiger partial charge in [-0.2, -0.15) is 0 Å². The maximum Gasteiger partial charge on any atom is 0.220 e. The van der Waals surface area contributed by atoms with Gasteiger partial charge >= 0.3 is 0 Å². The second-order valence-electron chi connectivity index (χ2n) is 5.06. The van der Waals surface area contributed by atoms with Crippen molar-refractivity contribution in [1.82, 2.24) is 5.32 Å². The van der Waals surface area contributed by atoms with Crippen molar-refractivity contribution in [3.05, 3.63) is 0 Å². The molecule has 0 rings (SSSR count). The molecule has 0 radical (unpaired) electrons. The van der Waals surface area contributed by atoms with E-state index >= 15 is 0 Å². The van der Waals surface area contributed by atoms with Gasteiger partial charge in [0.1, 0.15) is 0 Å². The van der Waals surface area contributed by atoms with Crippen LogP contribution in [0.1, 0.15) is 46.0 Å². The average molecular weight is 289 g/mol. The van der Waals surface area contributed by atoms with Crippen LogP contribution in [0.15, 0.2) is 0 Å². The van der Waals surface area contributed by atoms with Gasteiger partial charge in [0.15, 0.2) is 0 Å². The van der Waals surface area contributed by atoms with E-state index in [1.54, 1.807) is 0 Å². The monoisotopic (exact) mass is 289 g/mol. The van der Waals surface area contributed by atoms with Crippen LogP contribution in [0.3, 0.4) is 0 Å². The van der Waals surface area contributed by atoms with Gasteiger partial charge in [-0.15, -0.1) is 0 Å². The fourth-order valence-corrected chi connectivity index (χ4v) is 1.65. The third kappa shape index (κ3) is 13.8. The zero-order chi connectivity index (χ0) is 15.1. The Morgan fingerprint density at radius 3 is 2.50 bits per heavy atom. The molecule has 5 heteroatoms. The predicted octanol–water partition coefficient (Wildman–Crippen LogP) is 1.73. The fourth-order valence-electron chi connectivity index (χ4n) is 1.65. The molecule has 0 saturated carbocycles. The summed E-state index contributed by atoms with van der Waals surface area (Å²) in [5.41, 5.74) is 0. The molecule has 0 spiro atoms. The highest BCUT2D eigenvalue weighted by molar-refractivity contribution is 5.75. The largest absolute Gasteiger partial charge is 0.396 e. The minimum atomic E-state index is -0.0380. The van der Waals surface area contributed by atoms with Crippen LogP contribution < -0.4 is 5.32 Å². The van der Waals surface area contributed by atoms with Crippen molar-refractivity contribution >= 4 is 5.91 Å². The molecule has 5 nitrogen and oxygen atoms in total. The second-order valence-corrected chi connectivity index (χ2v) is 5.06. The Kier molecular flexibility index (Phi) is 14.3. The molecule has 0 fully saturated rings. The lowest BCUT2D eigenvalue weighted by Gasteiger charge is -2.09. The molecule has 0 heterocycles. The number of hydrogen-bond donors (Lipinski definition) is 2. The first kappa shape index (κ1) is 19.4. The fraction of sp³-hybridized carbons (Fsp3) is 0.933. The highest BCUT2D eigenvalue weighted by atomic mass is 16.5. The summed E-state index contributed by atoms with van der Waals surface area (Å²) >= 11 is 0. The quantitative estimate of drug-likeness (QED) is 0.478. The predicted molar refractivity (Wildman–Crippen MR) is 79.7 cm³/mol. The molecule has 0 aromatic heterocycles. The maximum atomic E-state index is 11.2. The number of carbonyl (C=O) groups is 1. The molecule has 2 N–H and O–H groups in total. The first-order valence-electron chi connectivity index (χ1n) is 7.73. The zero-order valence-electron chi connectivity index (χ0n) is 13.0. The number of amides is 1. The van der Waals surface area contributed by atoms with Gasteiger partial charge in [0.25, 0.3) is 0 Å². The van der Waals surface area contributed by atoms with Crippen LogP contribution in [0.2, 0.25) is 0 Å². The van der Waals surface area contributed by atoms with Crippen molar-refractivity contribution in [1.29, 1.82) is 0 Å². The van der Waals surface area contributed by atoms with Gasteiger partial charge in [0.05, 0.1) is 19.8 Å². The molecule has 20 heavy (non-hydrogen) atoms. The number of ether oxygens (including phenoxy) is 2. The minimum Gasteiger partial charge on any atom is -0.396 e. The Morgan fingerprint density at radius 1 is 1.15 bits per heavy atom. The summed E-state index contributed by atoms with van der Waals surface area (Å²) in [5.74, 6) is 0.744. The molecule has 1 atom stereocenters. The van der Waals surface area contributed by atoms with E-state index in [-0.39, 0.29) is 12.5 Å². The molecule has 0 aliphatic rings. The summed E-state index contributed by atoms with van der Waals surface area (Å²) in [6, 6.07) is 0. The summed E-state index contributed by atoms with van der Waals surface area (Å²) in [6.45, 7) is 7.51. The van der Waals surface area contributed by atoms with Crippen LogP contribution in [0, 0.1) is 5.92 Å². The smallest absolute Gasteiger partial charge is 0.220 e. The zero-order valence-corrected chi connectivity index (χ0v) is 13.0. The van der Waals surface area contributed by atoms with Crippen LogP contribution >= 0.6 is 0 Å². The number of aliphatic hydroxyl groups excluding tert-OH is 1. The second kappa shape index (κ2) is 14.8. The van der Waals surface area contributed by atoms with E-state index in [0.717, 1.165) is 18.9 Å². The number of carbonyl (C=O) groups excluding carboxylic acids is 1. The van der Waals surface area contributed by atoms with Gasteiger partial charge < -0.3 is 19.9 Å². The molecule has 0 aromatic rings. The van der Waals surface area contributed by atoms with Gasteiger partial charge in [0.2, 0.25) is 5.91 Å². The third-order valence-electron chi connectivity index (χ3n) is 3.19. The summed E-state index contributed by atoms with van der Waals surface area (Å²) in [4.78, 5) is 11.2. The SMILES string of the molecule is CCC(C)CCCOCCOCCNC(=O)CCCO. The van der Waals surface area contributed by atoms with Crippen molar-refractivity contribution in [2.24, 2.45) is 5.92 Å². The summed E-state index contributed by atoms with van der Waals surface area (Å²) < 4.78 is 10.8. The van der Waals surface area contributed by atoms with Crippen LogP contribution in [0.5, 0.6) is 0 Å². The number of rotatable bonds is 14. The lowest BCUT2D eigenvalue weighted by Crippen LogP contribution is -2.27. The molecule has 0 bridgehead atoms. The molecule has 1 unspecified atom stereocenters. The molecule has 0 aliphatic carbocycles. The Bertz CT molecular complexity index is 224. The minimum absolute atomic E-state index is 0.0380. The average Bonchev–Trinajstić information content (AvgIpc) is 2.46. The van der Waals surface area contributed by atoms with Gasteiger partial charge in [-0.1, -0.05) is 20.3 Å². The van der Waals surface area contributed by atoms with Gasteiger partial charge in [-0.3, -0.25) is 4.79 Å². The van der Waals surface area contributed by atoms with E-state index < -0.39 is 0 Å². The van der Waals surface area contributed by atoms with Crippen LogP contribution in [0.4, 0.5) is 0 Å². The molecular weight excluding hydrogens is 258 g/mol. The Hall–Kier alpha value is -0.650. The lowest BCUT2D eigenvalue weighted by atomic mass is 10.0. The number of hydrogen-bond acceptors (Lipinski definition) is 4. The van der Waals surface area contributed by atoms with Gasteiger partial charge in [-0.25, -0.2) is 0 Å². The maximum absolute atomic E-state index is 11.2. The Morgan fingerprint density at radius 2 is 1.85 bits per heavy atom. The van der Waals surface area contributed by atoms with Gasteiger partial charge in [0, 0.05) is 26.2 Å². The van der Waals surface area contributed by atoms with Crippen LogP contribution in [-0.4, -0.2) is 50.6 Å². The van der Waals surface area contributed by atoms with Crippen LogP contribution in [-0.2, 0) is 14.3 Å². The number of nitrogens with one attached hydrogen (secondary N) is 1. The highest BCUT2D eigenvalue weighted by Gasteiger charge is 2.00. The first-order valence-corrected chi connectivity index (χ1v) is 7.73. The molecule has 1 amide bonds. The van der Waals surface area contributed by atoms with E-state index in [0.29, 0.717) is 39.2 Å². The van der Waals surface area contributed by atoms with Crippen molar-refractivity contribution in [2.75, 3.05) is 39.6 Å². The Balaban J connectivity index is 3.11. The van der Waals surface area contributed by atoms with Gasteiger partial charge in [-0.05, 0) is 25.2 Å². The topological polar surface area (TPSA) is 67.8 Å². The number of aliphatic hydroxyl groups is 1. The third-order valence-corrected chi connectivity index (χ3v) is 3.19. The van der Waals surface area contributed by atoms with E-state index in [2.05, 4.69) is 19.2 Å². The van der Waals surface area contributed by atoms with E-state index in [1.807, 2.05) is 0 Å². The van der Waals surface area contributed by atoms with Crippen molar-refractivity contribution in [2.45, 2.75) is 46.0 Å². The van der Waals surface area contributed by atoms with E-state index in [9.17, 15) is 4.79 Å². The van der Waals surface area contributed by atoms with Crippen LogP contribution in [0.25, 0.3) is 0 Å². The van der Waals surface area contributed by atoms with E-state index in [1.165, 1.54) is 12.8 Å². The summed E-state index contributed by atoms with van der Waals surface area (Å²) in [7, 11) is 0. The molecule has 0 saturated heterocycles.